The third-order valence-electron chi connectivity index (χ3n) is 6.77. The van der Waals surface area contributed by atoms with Crippen LogP contribution in [0.25, 0.3) is 10.9 Å². The van der Waals surface area contributed by atoms with Crippen LogP contribution >= 0.6 is 0 Å². The van der Waals surface area contributed by atoms with Crippen molar-refractivity contribution >= 4 is 16.8 Å². The van der Waals surface area contributed by atoms with Gasteiger partial charge in [0.1, 0.15) is 6.26 Å². The van der Waals surface area contributed by atoms with Gasteiger partial charge in [-0.25, -0.2) is 4.39 Å². The Labute approximate surface area is 191 Å². The maximum Gasteiger partial charge on any atom is 0.249 e. The largest absolute Gasteiger partial charge is 0.460 e. The first-order chi connectivity index (χ1) is 16.0. The first-order valence-electron chi connectivity index (χ1n) is 11.3. The lowest BCUT2D eigenvalue weighted by atomic mass is 9.89. The van der Waals surface area contributed by atoms with Crippen LogP contribution < -0.4 is 10.5 Å². The van der Waals surface area contributed by atoms with Crippen LogP contribution in [0, 0.1) is 17.1 Å². The van der Waals surface area contributed by atoms with E-state index in [1.807, 2.05) is 24.4 Å². The van der Waals surface area contributed by atoms with Gasteiger partial charge in [-0.1, -0.05) is 0 Å². The zero-order chi connectivity index (χ0) is 22.9. The van der Waals surface area contributed by atoms with Gasteiger partial charge in [-0.15, -0.1) is 0 Å². The number of rotatable bonds is 7. The van der Waals surface area contributed by atoms with Crippen LogP contribution in [0.2, 0.25) is 0 Å². The number of ether oxygens (including phenoxy) is 1. The summed E-state index contributed by atoms with van der Waals surface area (Å²) >= 11 is 0. The lowest BCUT2D eigenvalue weighted by Gasteiger charge is -2.41. The van der Waals surface area contributed by atoms with Gasteiger partial charge in [0.2, 0.25) is 5.91 Å². The van der Waals surface area contributed by atoms with E-state index in [9.17, 15) is 14.4 Å². The number of aryl methyl sites for hydroxylation is 1. The summed E-state index contributed by atoms with van der Waals surface area (Å²) in [6, 6.07) is 11.0. The number of nitriles is 1. The highest BCUT2D eigenvalue weighted by molar-refractivity contribution is 5.95. The number of benzene rings is 2. The molecule has 0 radical (unpaired) electrons. The first kappa shape index (κ1) is 21.1. The summed E-state index contributed by atoms with van der Waals surface area (Å²) in [7, 11) is 0. The van der Waals surface area contributed by atoms with Crippen LogP contribution in [0.15, 0.2) is 48.5 Å². The van der Waals surface area contributed by atoms with Crippen molar-refractivity contribution in [3.05, 3.63) is 76.6 Å². The molecule has 1 fully saturated rings. The monoisotopic (exact) mass is 444 g/mol. The molecule has 1 aliphatic heterocycles. The van der Waals surface area contributed by atoms with Gasteiger partial charge >= 0.3 is 0 Å². The highest BCUT2D eigenvalue weighted by atomic mass is 19.1. The van der Waals surface area contributed by atoms with Gasteiger partial charge in [-0.3, -0.25) is 4.79 Å². The van der Waals surface area contributed by atoms with Crippen molar-refractivity contribution in [3.8, 4) is 11.8 Å². The van der Waals surface area contributed by atoms with Crippen LogP contribution in [0.5, 0.6) is 5.75 Å². The zero-order valence-corrected chi connectivity index (χ0v) is 18.2. The van der Waals surface area contributed by atoms with E-state index in [0.717, 1.165) is 48.8 Å². The van der Waals surface area contributed by atoms with E-state index in [1.54, 1.807) is 6.26 Å². The van der Waals surface area contributed by atoms with E-state index >= 15 is 0 Å². The quantitative estimate of drug-likeness (QED) is 0.559. The fourth-order valence-electron chi connectivity index (χ4n) is 4.81. The molecule has 1 amide bonds. The molecule has 0 spiro atoms. The molecule has 0 atom stereocenters. The Bertz CT molecular complexity index is 1300. The van der Waals surface area contributed by atoms with Crippen LogP contribution in [0.3, 0.4) is 0 Å². The third-order valence-corrected chi connectivity index (χ3v) is 6.77. The van der Waals surface area contributed by atoms with Crippen molar-refractivity contribution in [1.29, 1.82) is 5.26 Å². The average Bonchev–Trinajstić information content (AvgIpc) is 3.19. The second-order valence-electron chi connectivity index (χ2n) is 8.74. The Kier molecular flexibility index (Phi) is 5.51. The Balaban J connectivity index is 1.34. The van der Waals surface area contributed by atoms with Crippen LogP contribution in [-0.2, 0) is 12.8 Å². The van der Waals surface area contributed by atoms with E-state index in [4.69, 9.17) is 10.5 Å². The first-order valence-corrected chi connectivity index (χ1v) is 11.3. The van der Waals surface area contributed by atoms with Crippen LogP contribution in [0.1, 0.15) is 52.7 Å². The molecular weight excluding hydrogens is 419 g/mol. The maximum atomic E-state index is 14.3. The normalized spacial score (nSPS) is 15.2. The highest BCUT2D eigenvalue weighted by Gasteiger charge is 2.30. The predicted molar refractivity (Wildman–Crippen MR) is 123 cm³/mol. The number of hydrogen-bond acceptors (Lipinski definition) is 4. The average molecular weight is 445 g/mol. The number of nitrogens with one attached hydrogen (secondary N) is 1. The molecule has 1 aromatic heterocycles. The number of primary amides is 1. The summed E-state index contributed by atoms with van der Waals surface area (Å²) < 4.78 is 19.9. The fraction of sp³-hybridized carbons (Fsp3) is 0.308. The minimum atomic E-state index is -0.581. The molecule has 0 unspecified atom stereocenters. The van der Waals surface area contributed by atoms with E-state index in [2.05, 4.69) is 16.0 Å². The number of carbonyl (C=O) groups is 1. The van der Waals surface area contributed by atoms with Crippen molar-refractivity contribution in [2.24, 2.45) is 5.73 Å². The topological polar surface area (TPSA) is 95.1 Å². The second kappa shape index (κ2) is 8.62. The Morgan fingerprint density at radius 1 is 1.30 bits per heavy atom. The molecule has 33 heavy (non-hydrogen) atoms. The molecule has 7 heteroatoms. The number of aromatic nitrogens is 1. The number of nitrogens with two attached hydrogens (primary N) is 1. The van der Waals surface area contributed by atoms with Crippen LogP contribution in [-0.4, -0.2) is 28.4 Å². The molecule has 168 valence electrons. The van der Waals surface area contributed by atoms with Gasteiger partial charge in [0, 0.05) is 47.2 Å². The van der Waals surface area contributed by atoms with Gasteiger partial charge < -0.3 is 20.4 Å². The summed E-state index contributed by atoms with van der Waals surface area (Å²) in [6.45, 7) is 0.820. The highest BCUT2D eigenvalue weighted by Crippen LogP contribution is 2.36. The molecule has 0 bridgehead atoms. The number of fused-ring (bicyclic) bond motifs is 2. The molecule has 1 aliphatic carbocycles. The van der Waals surface area contributed by atoms with Crippen molar-refractivity contribution in [1.82, 2.24) is 9.88 Å². The third kappa shape index (κ3) is 3.93. The van der Waals surface area contributed by atoms with E-state index in [1.165, 1.54) is 24.1 Å². The molecule has 2 aromatic carbocycles. The number of aromatic amines is 1. The fourth-order valence-corrected chi connectivity index (χ4v) is 4.81. The SMILES string of the molecule is N#Cc1ccc2[nH]cc(CCCN(C3=COc4c(F)ccc(C(N)=O)c4C3)C3CCC3)c2c1. The lowest BCUT2D eigenvalue weighted by Crippen LogP contribution is -2.41. The van der Waals surface area contributed by atoms with Gasteiger partial charge in [-0.2, -0.15) is 5.26 Å². The van der Waals surface area contributed by atoms with Crippen molar-refractivity contribution in [3.63, 3.8) is 0 Å². The molecule has 3 N–H and O–H groups in total. The van der Waals surface area contributed by atoms with Crippen molar-refractivity contribution in [2.75, 3.05) is 6.54 Å². The summed E-state index contributed by atoms with van der Waals surface area (Å²) in [5.41, 5.74) is 10.2. The Hall–Kier alpha value is -3.79. The van der Waals surface area contributed by atoms with E-state index in [0.29, 0.717) is 29.2 Å². The van der Waals surface area contributed by atoms with Crippen molar-refractivity contribution < 1.29 is 13.9 Å². The molecule has 0 saturated heterocycles. The molecule has 2 heterocycles. The van der Waals surface area contributed by atoms with Gasteiger partial charge in [-0.05, 0) is 68.0 Å². The summed E-state index contributed by atoms with van der Waals surface area (Å²) in [5.74, 6) is -0.977. The number of allylic oxidation sites excluding steroid dienone is 1. The predicted octanol–water partition coefficient (Wildman–Crippen LogP) is 4.54. The van der Waals surface area contributed by atoms with E-state index < -0.39 is 11.7 Å². The zero-order valence-electron chi connectivity index (χ0n) is 18.2. The minimum Gasteiger partial charge on any atom is -0.460 e. The molecule has 6 nitrogen and oxygen atoms in total. The minimum absolute atomic E-state index is 0.0932. The molecular formula is C26H25FN4O2. The number of carbonyl (C=O) groups excluding carboxylic acids is 1. The number of H-pyrrole nitrogens is 1. The number of halogens is 1. The Morgan fingerprint density at radius 3 is 2.88 bits per heavy atom. The number of hydrogen-bond donors (Lipinski definition) is 2. The standard InChI is InChI=1S/C26H25FN4O2/c27-23-8-7-20(26(29)32)22-12-19(15-33-25(22)23)31(18-4-1-5-18)10-2-3-17-14-30-24-9-6-16(13-28)11-21(17)24/h6-9,11,14-15,18,30H,1-5,10,12H2,(H2,29,32). The summed E-state index contributed by atoms with van der Waals surface area (Å²) in [4.78, 5) is 17.5. The second-order valence-corrected chi connectivity index (χ2v) is 8.74. The van der Waals surface area contributed by atoms with Crippen molar-refractivity contribution in [2.45, 2.75) is 44.6 Å². The maximum absolute atomic E-state index is 14.3. The van der Waals surface area contributed by atoms with Gasteiger partial charge in [0.25, 0.3) is 0 Å². The molecule has 3 aromatic rings. The summed E-state index contributed by atoms with van der Waals surface area (Å²) in [6.07, 6.45) is 9.23. The molecule has 2 aliphatic rings. The van der Waals surface area contributed by atoms with Crippen LogP contribution in [0.4, 0.5) is 4.39 Å². The van der Waals surface area contributed by atoms with Gasteiger partial charge in [0.05, 0.1) is 17.3 Å². The molecule has 5 rings (SSSR count). The number of amides is 1. The Morgan fingerprint density at radius 2 is 2.15 bits per heavy atom. The number of nitrogens with zero attached hydrogens (tertiary/aromatic N) is 2. The molecule has 1 saturated carbocycles. The lowest BCUT2D eigenvalue weighted by molar-refractivity contribution is 0.0998. The summed E-state index contributed by atoms with van der Waals surface area (Å²) in [5, 5.41) is 10.3. The smallest absolute Gasteiger partial charge is 0.249 e. The van der Waals surface area contributed by atoms with E-state index in [-0.39, 0.29) is 5.75 Å². The van der Waals surface area contributed by atoms with Gasteiger partial charge in [0.15, 0.2) is 11.6 Å².